The molecule has 0 amide bonds. The van der Waals surface area contributed by atoms with E-state index in [0.29, 0.717) is 5.92 Å². The average molecular weight is 364 g/mol. The average Bonchev–Trinajstić information content (AvgIpc) is 3.34. The molecule has 0 radical (unpaired) electrons. The zero-order chi connectivity index (χ0) is 19.2. The Balaban J connectivity index is 0.000000260. The van der Waals surface area contributed by atoms with Gasteiger partial charge < -0.3 is 9.73 Å². The predicted molar refractivity (Wildman–Crippen MR) is 119 cm³/mol. The quantitative estimate of drug-likeness (QED) is 0.477. The first-order valence-electron chi connectivity index (χ1n) is 10.4. The largest absolute Gasteiger partial charge is 0.454 e. The van der Waals surface area contributed by atoms with Crippen molar-refractivity contribution in [2.24, 2.45) is 5.92 Å². The van der Waals surface area contributed by atoms with E-state index in [1.54, 1.807) is 0 Å². The fraction of sp³-hybridized carbons (Fsp3) is 0.440. The van der Waals surface area contributed by atoms with Crippen LogP contribution in [0.25, 0.3) is 21.9 Å². The van der Waals surface area contributed by atoms with E-state index in [4.69, 9.17) is 4.42 Å². The zero-order valence-corrected chi connectivity index (χ0v) is 17.2. The van der Waals surface area contributed by atoms with Gasteiger partial charge in [-0.05, 0) is 49.7 Å². The lowest BCUT2D eigenvalue weighted by molar-refractivity contribution is 0.644. The monoisotopic (exact) mass is 363 g/mol. The summed E-state index contributed by atoms with van der Waals surface area (Å²) in [7, 11) is 1.94. The van der Waals surface area contributed by atoms with Crippen molar-refractivity contribution >= 4 is 27.6 Å². The molecule has 0 spiro atoms. The molecular weight excluding hydrogens is 330 g/mol. The van der Waals surface area contributed by atoms with Crippen LogP contribution in [0, 0.1) is 5.92 Å². The summed E-state index contributed by atoms with van der Waals surface area (Å²) >= 11 is 0. The normalized spacial score (nSPS) is 15.0. The molecule has 2 nitrogen and oxygen atoms in total. The minimum absolute atomic E-state index is 0.678. The number of para-hydroxylation sites is 2. The number of anilines is 1. The van der Waals surface area contributed by atoms with Crippen LogP contribution in [0.5, 0.6) is 0 Å². The molecule has 0 atom stereocenters. The second kappa shape index (κ2) is 9.12. The highest BCUT2D eigenvalue weighted by Gasteiger charge is 2.22. The number of furan rings is 1. The molecule has 1 saturated carbocycles. The van der Waals surface area contributed by atoms with Crippen molar-refractivity contribution in [1.29, 1.82) is 0 Å². The van der Waals surface area contributed by atoms with E-state index in [1.807, 2.05) is 7.05 Å². The Morgan fingerprint density at radius 1 is 1.04 bits per heavy atom. The molecule has 2 heteroatoms. The lowest BCUT2D eigenvalue weighted by Crippen LogP contribution is -1.91. The second-order valence-electron chi connectivity index (χ2n) is 7.94. The first-order valence-corrected chi connectivity index (χ1v) is 10.4. The van der Waals surface area contributed by atoms with Crippen molar-refractivity contribution in [1.82, 2.24) is 0 Å². The van der Waals surface area contributed by atoms with Gasteiger partial charge in [0.15, 0.2) is 5.58 Å². The Morgan fingerprint density at radius 2 is 1.70 bits per heavy atom. The summed E-state index contributed by atoms with van der Waals surface area (Å²) in [6, 6.07) is 12.9. The molecule has 1 fully saturated rings. The van der Waals surface area contributed by atoms with Crippen molar-refractivity contribution in [3.63, 3.8) is 0 Å². The highest BCUT2D eigenvalue weighted by molar-refractivity contribution is 6.09. The summed E-state index contributed by atoms with van der Waals surface area (Å²) in [5.74, 6) is 1.49. The molecule has 0 bridgehead atoms. The highest BCUT2D eigenvalue weighted by Crippen LogP contribution is 2.41. The predicted octanol–water partition coefficient (Wildman–Crippen LogP) is 7.89. The van der Waals surface area contributed by atoms with Gasteiger partial charge in [-0.25, -0.2) is 0 Å². The van der Waals surface area contributed by atoms with Crippen LogP contribution < -0.4 is 5.32 Å². The van der Waals surface area contributed by atoms with E-state index in [0.717, 1.165) is 22.8 Å². The Kier molecular flexibility index (Phi) is 6.60. The molecule has 3 aromatic rings. The van der Waals surface area contributed by atoms with Gasteiger partial charge in [-0.3, -0.25) is 0 Å². The minimum atomic E-state index is 0.678. The summed E-state index contributed by atoms with van der Waals surface area (Å²) in [5, 5.41) is 5.69. The van der Waals surface area contributed by atoms with Crippen LogP contribution in [0.1, 0.15) is 64.4 Å². The summed E-state index contributed by atoms with van der Waals surface area (Å²) in [4.78, 5) is 0. The van der Waals surface area contributed by atoms with Crippen molar-refractivity contribution in [3.8, 4) is 0 Å². The van der Waals surface area contributed by atoms with Crippen LogP contribution in [0.2, 0.25) is 0 Å². The third kappa shape index (κ3) is 4.37. The molecule has 0 unspecified atom stereocenters. The maximum atomic E-state index is 6.26. The summed E-state index contributed by atoms with van der Waals surface area (Å²) in [6.45, 7) is 6.50. The van der Waals surface area contributed by atoms with E-state index < -0.39 is 0 Å². The molecule has 0 aliphatic heterocycles. The molecule has 27 heavy (non-hydrogen) atoms. The number of allylic oxidation sites excluding steroid dienone is 2. The minimum Gasteiger partial charge on any atom is -0.454 e. The van der Waals surface area contributed by atoms with Gasteiger partial charge >= 0.3 is 0 Å². The second-order valence-corrected chi connectivity index (χ2v) is 7.94. The lowest BCUT2D eigenvalue weighted by atomic mass is 9.95. The van der Waals surface area contributed by atoms with Crippen molar-refractivity contribution in [3.05, 3.63) is 54.1 Å². The Bertz CT molecular complexity index is 897. The van der Waals surface area contributed by atoms with Crippen LogP contribution in [0.3, 0.4) is 0 Å². The van der Waals surface area contributed by atoms with Crippen LogP contribution in [-0.2, 0) is 0 Å². The summed E-state index contributed by atoms with van der Waals surface area (Å²) in [6.07, 6.45) is 10.8. The molecule has 1 N–H and O–H groups in total. The number of hydrogen-bond acceptors (Lipinski definition) is 2. The van der Waals surface area contributed by atoms with Gasteiger partial charge in [0.1, 0.15) is 5.58 Å². The maximum absolute atomic E-state index is 6.26. The molecule has 4 rings (SSSR count). The zero-order valence-electron chi connectivity index (χ0n) is 17.2. The van der Waals surface area contributed by atoms with E-state index in [-0.39, 0.29) is 0 Å². The molecule has 1 aromatic heterocycles. The van der Waals surface area contributed by atoms with E-state index >= 15 is 0 Å². The smallest absolute Gasteiger partial charge is 0.158 e. The third-order valence-corrected chi connectivity index (χ3v) is 5.46. The van der Waals surface area contributed by atoms with E-state index in [2.05, 4.69) is 74.6 Å². The lowest BCUT2D eigenvalue weighted by Gasteiger charge is -2.09. The van der Waals surface area contributed by atoms with Crippen molar-refractivity contribution < 1.29 is 4.42 Å². The number of fused-ring (bicyclic) bond motifs is 3. The first kappa shape index (κ1) is 19.5. The Morgan fingerprint density at radius 3 is 2.30 bits per heavy atom. The van der Waals surface area contributed by atoms with Crippen molar-refractivity contribution in [2.75, 3.05) is 12.4 Å². The first-order chi connectivity index (χ1) is 13.2. The topological polar surface area (TPSA) is 25.2 Å². The molecule has 144 valence electrons. The molecule has 2 aromatic carbocycles. The van der Waals surface area contributed by atoms with Crippen LogP contribution in [-0.4, -0.2) is 7.05 Å². The van der Waals surface area contributed by atoms with E-state index in [9.17, 15) is 0 Å². The van der Waals surface area contributed by atoms with Gasteiger partial charge in [0.2, 0.25) is 0 Å². The molecule has 1 heterocycles. The van der Waals surface area contributed by atoms with Crippen molar-refractivity contribution in [2.45, 2.75) is 58.8 Å². The van der Waals surface area contributed by atoms with Crippen LogP contribution in [0.4, 0.5) is 5.69 Å². The SMILES string of the molecule is C/C=C\CC(C)C.CNc1cccc2c1oc1c(C3CCCC3)cccc12. The molecule has 1 aliphatic rings. The number of benzene rings is 2. The fourth-order valence-electron chi connectivity index (χ4n) is 4.01. The summed E-state index contributed by atoms with van der Waals surface area (Å²) in [5.41, 5.74) is 4.54. The summed E-state index contributed by atoms with van der Waals surface area (Å²) < 4.78 is 6.26. The van der Waals surface area contributed by atoms with Gasteiger partial charge in [-0.2, -0.15) is 0 Å². The number of hydrogen-bond donors (Lipinski definition) is 1. The fourth-order valence-corrected chi connectivity index (χ4v) is 4.01. The highest BCUT2D eigenvalue weighted by atomic mass is 16.3. The van der Waals surface area contributed by atoms with Gasteiger partial charge in [0, 0.05) is 17.8 Å². The van der Waals surface area contributed by atoms with Gasteiger partial charge in [-0.15, -0.1) is 0 Å². The maximum Gasteiger partial charge on any atom is 0.158 e. The Hall–Kier alpha value is -2.22. The van der Waals surface area contributed by atoms with Crippen LogP contribution in [0.15, 0.2) is 53.0 Å². The Labute approximate surface area is 163 Å². The molecule has 0 saturated heterocycles. The third-order valence-electron chi connectivity index (χ3n) is 5.46. The number of rotatable bonds is 4. The molecular formula is C25H33NO. The van der Waals surface area contributed by atoms with E-state index in [1.165, 1.54) is 48.4 Å². The van der Waals surface area contributed by atoms with Gasteiger partial charge in [0.25, 0.3) is 0 Å². The van der Waals surface area contributed by atoms with Gasteiger partial charge in [0.05, 0.1) is 5.69 Å². The van der Waals surface area contributed by atoms with Gasteiger partial charge in [-0.1, -0.05) is 69.2 Å². The standard InChI is InChI=1S/C18H19NO.C7H14/c1-19-16-11-5-10-15-14-9-4-8-13(12-6-2-3-7-12)17(14)20-18(15)16;1-4-5-6-7(2)3/h4-5,8-12,19H,2-3,6-7H2,1H3;4-5,7H,6H2,1-3H3/b;5-4-. The number of nitrogens with one attached hydrogen (secondary N) is 1. The molecule has 1 aliphatic carbocycles. The van der Waals surface area contributed by atoms with Crippen LogP contribution >= 0.6 is 0 Å².